The molecule has 116 valence electrons. The zero-order valence-electron chi connectivity index (χ0n) is 12.1. The molecule has 0 N–H and O–H groups in total. The lowest BCUT2D eigenvalue weighted by atomic mass is 9.85. The van der Waals surface area contributed by atoms with E-state index in [2.05, 4.69) is 16.9 Å². The fourth-order valence-corrected chi connectivity index (χ4v) is 5.07. The summed E-state index contributed by atoms with van der Waals surface area (Å²) in [4.78, 5) is 6.49. The van der Waals surface area contributed by atoms with Crippen LogP contribution in [0.5, 0.6) is 0 Å². The van der Waals surface area contributed by atoms with Gasteiger partial charge in [-0.1, -0.05) is 11.6 Å². The topological polar surface area (TPSA) is 53.5 Å². The van der Waals surface area contributed by atoms with Gasteiger partial charge in [-0.15, -0.1) is 0 Å². The number of sulfonamides is 1. The number of hydrogen-bond donors (Lipinski definition) is 0. The van der Waals surface area contributed by atoms with Crippen LogP contribution in [0.4, 0.5) is 0 Å². The van der Waals surface area contributed by atoms with Crippen LogP contribution in [0.2, 0.25) is 5.15 Å². The van der Waals surface area contributed by atoms with Crippen molar-refractivity contribution in [2.24, 2.45) is 5.92 Å². The summed E-state index contributed by atoms with van der Waals surface area (Å²) in [5.41, 5.74) is 0. The van der Waals surface area contributed by atoms with Crippen LogP contribution in [0.25, 0.3) is 0 Å². The molecule has 2 saturated heterocycles. The van der Waals surface area contributed by atoms with E-state index in [1.165, 1.54) is 18.3 Å². The third-order valence-electron chi connectivity index (χ3n) is 4.65. The van der Waals surface area contributed by atoms with Gasteiger partial charge in [-0.3, -0.25) is 0 Å². The second kappa shape index (κ2) is 5.83. The van der Waals surface area contributed by atoms with Crippen LogP contribution < -0.4 is 0 Å². The van der Waals surface area contributed by atoms with E-state index in [1.54, 1.807) is 4.31 Å². The van der Waals surface area contributed by atoms with Gasteiger partial charge in [0.15, 0.2) is 0 Å². The fourth-order valence-electron chi connectivity index (χ4n) is 3.50. The first kappa shape index (κ1) is 15.2. The molecule has 0 spiro atoms. The summed E-state index contributed by atoms with van der Waals surface area (Å²) in [7, 11) is -1.31. The minimum absolute atomic E-state index is 0.231. The number of aromatic nitrogens is 1. The van der Waals surface area contributed by atoms with E-state index in [-0.39, 0.29) is 4.90 Å². The molecule has 3 heterocycles. The molecule has 2 unspecified atom stereocenters. The van der Waals surface area contributed by atoms with Crippen molar-refractivity contribution in [3.8, 4) is 0 Å². The predicted octanol–water partition coefficient (Wildman–Crippen LogP) is 1.84. The zero-order valence-corrected chi connectivity index (χ0v) is 13.6. The van der Waals surface area contributed by atoms with Gasteiger partial charge in [0, 0.05) is 25.3 Å². The number of rotatable bonds is 2. The van der Waals surface area contributed by atoms with Crippen LogP contribution in [0.3, 0.4) is 0 Å². The Morgan fingerprint density at radius 3 is 2.81 bits per heavy atom. The molecule has 0 aliphatic carbocycles. The molecule has 2 atom stereocenters. The van der Waals surface area contributed by atoms with Crippen molar-refractivity contribution in [2.75, 3.05) is 26.7 Å². The molecule has 2 aliphatic rings. The van der Waals surface area contributed by atoms with Gasteiger partial charge in [-0.2, -0.15) is 4.31 Å². The lowest BCUT2D eigenvalue weighted by molar-refractivity contribution is 0.0671. The van der Waals surface area contributed by atoms with Crippen molar-refractivity contribution < 1.29 is 8.42 Å². The fraction of sp³-hybridized carbons (Fsp3) is 0.643. The maximum Gasteiger partial charge on any atom is 0.244 e. The van der Waals surface area contributed by atoms with Crippen molar-refractivity contribution in [3.63, 3.8) is 0 Å². The highest BCUT2D eigenvalue weighted by Crippen LogP contribution is 2.32. The summed E-state index contributed by atoms with van der Waals surface area (Å²) < 4.78 is 27.0. The van der Waals surface area contributed by atoms with E-state index in [0.29, 0.717) is 30.2 Å². The number of hydrogen-bond acceptors (Lipinski definition) is 4. The molecular weight excluding hydrogens is 310 g/mol. The molecular formula is C14H20ClN3O2S. The molecule has 0 bridgehead atoms. The van der Waals surface area contributed by atoms with E-state index < -0.39 is 10.0 Å². The van der Waals surface area contributed by atoms with Gasteiger partial charge in [0.2, 0.25) is 10.0 Å². The number of pyridine rings is 1. The van der Waals surface area contributed by atoms with E-state index in [4.69, 9.17) is 11.6 Å². The van der Waals surface area contributed by atoms with Crippen molar-refractivity contribution in [1.29, 1.82) is 0 Å². The molecule has 0 aromatic carbocycles. The summed E-state index contributed by atoms with van der Waals surface area (Å²) >= 11 is 5.73. The molecule has 1 aromatic heterocycles. The Hall–Kier alpha value is -0.690. The average molecular weight is 330 g/mol. The minimum Gasteiger partial charge on any atom is -0.303 e. The molecule has 7 heteroatoms. The number of nitrogens with zero attached hydrogens (tertiary/aromatic N) is 3. The average Bonchev–Trinajstić information content (AvgIpc) is 2.47. The second-order valence-corrected chi connectivity index (χ2v) is 8.24. The molecule has 2 aliphatic heterocycles. The summed E-state index contributed by atoms with van der Waals surface area (Å²) in [5.74, 6) is 0.438. The van der Waals surface area contributed by atoms with Gasteiger partial charge in [-0.05, 0) is 50.9 Å². The van der Waals surface area contributed by atoms with Crippen LogP contribution in [-0.4, -0.2) is 55.3 Å². The third kappa shape index (κ3) is 2.95. The van der Waals surface area contributed by atoms with E-state index in [0.717, 1.165) is 25.8 Å². The summed E-state index contributed by atoms with van der Waals surface area (Å²) in [6, 6.07) is 3.58. The van der Waals surface area contributed by atoms with E-state index >= 15 is 0 Å². The van der Waals surface area contributed by atoms with E-state index in [1.807, 2.05) is 0 Å². The maximum absolute atomic E-state index is 12.7. The van der Waals surface area contributed by atoms with Gasteiger partial charge in [-0.25, -0.2) is 13.4 Å². The number of fused-ring (bicyclic) bond motifs is 1. The van der Waals surface area contributed by atoms with Crippen molar-refractivity contribution in [3.05, 3.63) is 23.5 Å². The quantitative estimate of drug-likeness (QED) is 0.777. The Balaban J connectivity index is 1.79. The SMILES string of the molecule is CN1CCCC2CN(S(=O)(=O)c3ccc(Cl)nc3)CCC21. The first-order valence-electron chi connectivity index (χ1n) is 7.30. The van der Waals surface area contributed by atoms with Gasteiger partial charge in [0.1, 0.15) is 10.0 Å². The molecule has 0 amide bonds. The lowest BCUT2D eigenvalue weighted by Gasteiger charge is -2.45. The lowest BCUT2D eigenvalue weighted by Crippen LogP contribution is -2.53. The van der Waals surface area contributed by atoms with Crippen LogP contribution in [0.15, 0.2) is 23.2 Å². The largest absolute Gasteiger partial charge is 0.303 e. The minimum atomic E-state index is -3.45. The summed E-state index contributed by atoms with van der Waals surface area (Å²) in [5, 5.41) is 0.307. The molecule has 1 aromatic rings. The molecule has 2 fully saturated rings. The molecule has 5 nitrogen and oxygen atoms in total. The summed E-state index contributed by atoms with van der Waals surface area (Å²) in [6.07, 6.45) is 4.51. The van der Waals surface area contributed by atoms with Crippen molar-refractivity contribution >= 4 is 21.6 Å². The molecule has 21 heavy (non-hydrogen) atoms. The van der Waals surface area contributed by atoms with Crippen LogP contribution in [0.1, 0.15) is 19.3 Å². The Morgan fingerprint density at radius 1 is 1.29 bits per heavy atom. The second-order valence-electron chi connectivity index (χ2n) is 5.92. The standard InChI is InChI=1S/C14H20ClN3O2S/c1-17-7-2-3-11-10-18(8-6-13(11)17)21(19,20)12-4-5-14(15)16-9-12/h4-5,9,11,13H,2-3,6-8,10H2,1H3. The first-order chi connectivity index (χ1) is 9.98. The third-order valence-corrected chi connectivity index (χ3v) is 6.72. The number of piperidine rings is 2. The highest BCUT2D eigenvalue weighted by Gasteiger charge is 2.38. The van der Waals surface area contributed by atoms with Gasteiger partial charge in [0.25, 0.3) is 0 Å². The zero-order chi connectivity index (χ0) is 15.0. The molecule has 3 rings (SSSR count). The van der Waals surface area contributed by atoms with Crippen LogP contribution in [0, 0.1) is 5.92 Å². The van der Waals surface area contributed by atoms with Crippen LogP contribution >= 0.6 is 11.6 Å². The molecule has 0 saturated carbocycles. The Labute approximate surface area is 131 Å². The smallest absolute Gasteiger partial charge is 0.244 e. The van der Waals surface area contributed by atoms with Gasteiger partial charge < -0.3 is 4.90 Å². The Kier molecular flexibility index (Phi) is 4.23. The molecule has 0 radical (unpaired) electrons. The van der Waals surface area contributed by atoms with Crippen molar-refractivity contribution in [1.82, 2.24) is 14.2 Å². The van der Waals surface area contributed by atoms with E-state index in [9.17, 15) is 8.42 Å². The van der Waals surface area contributed by atoms with Gasteiger partial charge >= 0.3 is 0 Å². The first-order valence-corrected chi connectivity index (χ1v) is 9.12. The Bertz CT molecular complexity index is 605. The van der Waals surface area contributed by atoms with Crippen LogP contribution in [-0.2, 0) is 10.0 Å². The highest BCUT2D eigenvalue weighted by atomic mass is 35.5. The normalized spacial score (nSPS) is 28.3. The maximum atomic E-state index is 12.7. The number of halogens is 1. The highest BCUT2D eigenvalue weighted by molar-refractivity contribution is 7.89. The predicted molar refractivity (Wildman–Crippen MR) is 81.8 cm³/mol. The van der Waals surface area contributed by atoms with Crippen molar-refractivity contribution in [2.45, 2.75) is 30.2 Å². The Morgan fingerprint density at radius 2 is 2.10 bits per heavy atom. The monoisotopic (exact) mass is 329 g/mol. The number of likely N-dealkylation sites (tertiary alicyclic amines) is 1. The van der Waals surface area contributed by atoms with Gasteiger partial charge in [0.05, 0.1) is 0 Å². The summed E-state index contributed by atoms with van der Waals surface area (Å²) in [6.45, 7) is 2.31.